The lowest BCUT2D eigenvalue weighted by atomic mass is 10.2. The Morgan fingerprint density at radius 1 is 1.09 bits per heavy atom. The van der Waals surface area contributed by atoms with Crippen molar-refractivity contribution < 1.29 is 14.0 Å². The summed E-state index contributed by atoms with van der Waals surface area (Å²) in [5, 5.41) is 2.74. The molecule has 118 valence electrons. The van der Waals surface area contributed by atoms with Gasteiger partial charge in [-0.15, -0.1) is 0 Å². The van der Waals surface area contributed by atoms with Gasteiger partial charge < -0.3 is 15.1 Å². The van der Waals surface area contributed by atoms with E-state index >= 15 is 0 Å². The van der Waals surface area contributed by atoms with Gasteiger partial charge in [-0.25, -0.2) is 9.18 Å². The maximum absolute atomic E-state index is 12.8. The molecule has 0 unspecified atom stereocenters. The number of nitrogens with zero attached hydrogens (tertiary/aromatic N) is 2. The summed E-state index contributed by atoms with van der Waals surface area (Å²) in [6.45, 7) is 4.31. The van der Waals surface area contributed by atoms with Crippen LogP contribution in [0.3, 0.4) is 0 Å². The minimum absolute atomic E-state index is 0.194. The number of piperazine rings is 1. The third-order valence-corrected chi connectivity index (χ3v) is 4.40. The monoisotopic (exact) mass is 305 g/mol. The number of halogens is 1. The Bertz CT molecular complexity index is 567. The Kier molecular flexibility index (Phi) is 4.00. The molecule has 0 aromatic heterocycles. The van der Waals surface area contributed by atoms with E-state index in [9.17, 15) is 14.0 Å². The average Bonchev–Trinajstić information content (AvgIpc) is 3.26. The molecule has 1 aromatic rings. The fourth-order valence-electron chi connectivity index (χ4n) is 2.77. The zero-order chi connectivity index (χ0) is 15.7. The first kappa shape index (κ1) is 14.8. The highest BCUT2D eigenvalue weighted by Crippen LogP contribution is 2.39. The SMILES string of the molecule is C[C@H]1C[C@@H]1C(=O)N1CCN(C(=O)Nc2ccc(F)cc2)CC1. The van der Waals surface area contributed by atoms with E-state index in [0.717, 1.165) is 6.42 Å². The fraction of sp³-hybridized carbons (Fsp3) is 0.500. The molecule has 0 radical (unpaired) electrons. The van der Waals surface area contributed by atoms with Crippen LogP contribution in [0.2, 0.25) is 0 Å². The number of carbonyl (C=O) groups excluding carboxylic acids is 2. The van der Waals surface area contributed by atoms with Gasteiger partial charge in [0, 0.05) is 37.8 Å². The number of anilines is 1. The van der Waals surface area contributed by atoms with Crippen molar-refractivity contribution in [2.45, 2.75) is 13.3 Å². The second-order valence-electron chi connectivity index (χ2n) is 6.07. The Balaban J connectivity index is 1.49. The van der Waals surface area contributed by atoms with Crippen LogP contribution in [-0.4, -0.2) is 47.9 Å². The molecule has 3 rings (SSSR count). The van der Waals surface area contributed by atoms with E-state index in [2.05, 4.69) is 12.2 Å². The minimum Gasteiger partial charge on any atom is -0.339 e. The van der Waals surface area contributed by atoms with Crippen LogP contribution >= 0.6 is 0 Å². The lowest BCUT2D eigenvalue weighted by Gasteiger charge is -2.35. The van der Waals surface area contributed by atoms with Crippen molar-refractivity contribution in [1.82, 2.24) is 9.80 Å². The summed E-state index contributed by atoms with van der Waals surface area (Å²) in [6, 6.07) is 5.47. The number of hydrogen-bond acceptors (Lipinski definition) is 2. The molecule has 5 nitrogen and oxygen atoms in total. The van der Waals surface area contributed by atoms with Gasteiger partial charge in [0.15, 0.2) is 0 Å². The molecule has 1 aromatic carbocycles. The molecule has 1 aliphatic heterocycles. The Morgan fingerprint density at radius 2 is 1.64 bits per heavy atom. The topological polar surface area (TPSA) is 52.7 Å². The zero-order valence-corrected chi connectivity index (χ0v) is 12.6. The van der Waals surface area contributed by atoms with E-state index in [1.165, 1.54) is 24.3 Å². The summed E-state index contributed by atoms with van der Waals surface area (Å²) in [7, 11) is 0. The molecule has 1 aliphatic carbocycles. The number of hydrogen-bond donors (Lipinski definition) is 1. The van der Waals surface area contributed by atoms with Crippen molar-refractivity contribution in [1.29, 1.82) is 0 Å². The number of benzene rings is 1. The summed E-state index contributed by atoms with van der Waals surface area (Å²) in [6.07, 6.45) is 0.990. The number of rotatable bonds is 2. The van der Waals surface area contributed by atoms with Crippen LogP contribution in [0.15, 0.2) is 24.3 Å². The maximum Gasteiger partial charge on any atom is 0.321 e. The molecule has 0 spiro atoms. The first-order valence-corrected chi connectivity index (χ1v) is 7.65. The Morgan fingerprint density at radius 3 is 2.18 bits per heavy atom. The molecule has 1 heterocycles. The summed E-state index contributed by atoms with van der Waals surface area (Å²) in [5.41, 5.74) is 0.566. The maximum atomic E-state index is 12.8. The number of carbonyl (C=O) groups is 2. The average molecular weight is 305 g/mol. The molecule has 3 amide bonds. The Labute approximate surface area is 129 Å². The van der Waals surface area contributed by atoms with Gasteiger partial charge >= 0.3 is 6.03 Å². The lowest BCUT2D eigenvalue weighted by molar-refractivity contribution is -0.134. The van der Waals surface area contributed by atoms with Gasteiger partial charge in [-0.2, -0.15) is 0 Å². The van der Waals surface area contributed by atoms with E-state index in [4.69, 9.17) is 0 Å². The number of urea groups is 1. The molecule has 22 heavy (non-hydrogen) atoms. The van der Waals surface area contributed by atoms with Crippen molar-refractivity contribution in [2.75, 3.05) is 31.5 Å². The smallest absolute Gasteiger partial charge is 0.321 e. The van der Waals surface area contributed by atoms with Crippen molar-refractivity contribution in [3.63, 3.8) is 0 Å². The van der Waals surface area contributed by atoms with Crippen LogP contribution in [0.1, 0.15) is 13.3 Å². The van der Waals surface area contributed by atoms with Gasteiger partial charge in [-0.1, -0.05) is 6.92 Å². The van der Waals surface area contributed by atoms with E-state index in [-0.39, 0.29) is 23.7 Å². The summed E-state index contributed by atoms with van der Waals surface area (Å²) in [4.78, 5) is 27.8. The summed E-state index contributed by atoms with van der Waals surface area (Å²) < 4.78 is 12.8. The summed E-state index contributed by atoms with van der Waals surface area (Å²) >= 11 is 0. The van der Waals surface area contributed by atoms with Crippen LogP contribution in [0.25, 0.3) is 0 Å². The van der Waals surface area contributed by atoms with Gasteiger partial charge in [0.05, 0.1) is 0 Å². The molecular weight excluding hydrogens is 285 g/mol. The third kappa shape index (κ3) is 3.21. The van der Waals surface area contributed by atoms with Crippen LogP contribution in [-0.2, 0) is 4.79 Å². The molecule has 0 bridgehead atoms. The standard InChI is InChI=1S/C16H20FN3O2/c1-11-10-14(11)15(21)19-6-8-20(9-7-19)16(22)18-13-4-2-12(17)3-5-13/h2-5,11,14H,6-10H2,1H3,(H,18,22)/t11-,14-/m0/s1. The molecule has 1 N–H and O–H groups in total. The third-order valence-electron chi connectivity index (χ3n) is 4.40. The van der Waals surface area contributed by atoms with Crippen LogP contribution in [0.4, 0.5) is 14.9 Å². The van der Waals surface area contributed by atoms with Crippen LogP contribution < -0.4 is 5.32 Å². The molecule has 1 saturated heterocycles. The van der Waals surface area contributed by atoms with E-state index in [1.807, 2.05) is 4.90 Å². The molecular formula is C16H20FN3O2. The minimum atomic E-state index is -0.334. The van der Waals surface area contributed by atoms with Gasteiger partial charge in [0.1, 0.15) is 5.82 Å². The van der Waals surface area contributed by atoms with Gasteiger partial charge in [-0.05, 0) is 36.6 Å². The highest BCUT2D eigenvalue weighted by Gasteiger charge is 2.42. The van der Waals surface area contributed by atoms with Crippen molar-refractivity contribution in [3.8, 4) is 0 Å². The number of nitrogens with one attached hydrogen (secondary N) is 1. The molecule has 1 saturated carbocycles. The quantitative estimate of drug-likeness (QED) is 0.910. The normalized spacial score (nSPS) is 24.1. The number of amides is 3. The second kappa shape index (κ2) is 5.94. The highest BCUT2D eigenvalue weighted by molar-refractivity contribution is 5.89. The van der Waals surface area contributed by atoms with E-state index in [1.54, 1.807) is 4.90 Å². The first-order valence-electron chi connectivity index (χ1n) is 7.65. The van der Waals surface area contributed by atoms with Gasteiger partial charge in [-0.3, -0.25) is 4.79 Å². The van der Waals surface area contributed by atoms with Crippen LogP contribution in [0, 0.1) is 17.7 Å². The molecule has 6 heteroatoms. The Hall–Kier alpha value is -2.11. The van der Waals surface area contributed by atoms with Crippen molar-refractivity contribution in [3.05, 3.63) is 30.1 Å². The molecule has 2 fully saturated rings. The van der Waals surface area contributed by atoms with Crippen molar-refractivity contribution >= 4 is 17.6 Å². The predicted octanol–water partition coefficient (Wildman–Crippen LogP) is 2.16. The van der Waals surface area contributed by atoms with E-state index in [0.29, 0.717) is 37.8 Å². The van der Waals surface area contributed by atoms with Gasteiger partial charge in [0.2, 0.25) is 5.91 Å². The highest BCUT2D eigenvalue weighted by atomic mass is 19.1. The van der Waals surface area contributed by atoms with Gasteiger partial charge in [0.25, 0.3) is 0 Å². The molecule has 2 atom stereocenters. The fourth-order valence-corrected chi connectivity index (χ4v) is 2.77. The largest absolute Gasteiger partial charge is 0.339 e. The van der Waals surface area contributed by atoms with Crippen LogP contribution in [0.5, 0.6) is 0 Å². The van der Waals surface area contributed by atoms with E-state index < -0.39 is 0 Å². The second-order valence-corrected chi connectivity index (χ2v) is 6.07. The van der Waals surface area contributed by atoms with Crippen molar-refractivity contribution in [2.24, 2.45) is 11.8 Å². The lowest BCUT2D eigenvalue weighted by Crippen LogP contribution is -2.52. The summed E-state index contributed by atoms with van der Waals surface area (Å²) in [5.74, 6) is 0.595. The zero-order valence-electron chi connectivity index (χ0n) is 12.6. The predicted molar refractivity (Wildman–Crippen MR) is 80.8 cm³/mol. The first-order chi connectivity index (χ1) is 10.5. The molecule has 2 aliphatic rings.